The topological polar surface area (TPSA) is 89.6 Å². The highest BCUT2D eigenvalue weighted by molar-refractivity contribution is 14.0. The maximum absolute atomic E-state index is 12.8. The Labute approximate surface area is 205 Å². The molecule has 2 amide bonds. The van der Waals surface area contributed by atoms with Gasteiger partial charge in [-0.1, -0.05) is 30.4 Å². The van der Waals surface area contributed by atoms with Gasteiger partial charge in [-0.05, 0) is 42.7 Å². The number of carbonyl (C=O) groups excluding carboxylic acids is 2. The minimum Gasteiger partial charge on any atom is -0.358 e. The molecule has 7 nitrogen and oxygen atoms in total. The fourth-order valence-electron chi connectivity index (χ4n) is 5.37. The van der Waals surface area contributed by atoms with Crippen LogP contribution >= 0.6 is 24.0 Å². The van der Waals surface area contributed by atoms with Crippen molar-refractivity contribution < 1.29 is 9.59 Å². The SMILES string of the molecule is CCNC(=NCCc1cc2ccccc2[nH]1)NCCN1C(=O)C2C3C=CC(C3)C2C1=O.I. The Morgan fingerprint density at radius 1 is 1.12 bits per heavy atom. The van der Waals surface area contributed by atoms with Gasteiger partial charge in [0, 0.05) is 43.8 Å². The van der Waals surface area contributed by atoms with Crippen LogP contribution in [0.4, 0.5) is 0 Å². The van der Waals surface area contributed by atoms with Crippen LogP contribution in [-0.4, -0.2) is 53.8 Å². The lowest BCUT2D eigenvalue weighted by atomic mass is 9.85. The number of nitrogens with zero attached hydrogens (tertiary/aromatic N) is 2. The molecule has 4 atom stereocenters. The van der Waals surface area contributed by atoms with Crippen LogP contribution in [0.1, 0.15) is 19.0 Å². The first kappa shape index (κ1) is 22.8. The van der Waals surface area contributed by atoms with Crippen LogP contribution in [0.15, 0.2) is 47.5 Å². The second kappa shape index (κ2) is 9.64. The molecule has 0 spiro atoms. The molecule has 2 bridgehead atoms. The smallest absolute Gasteiger partial charge is 0.233 e. The lowest BCUT2D eigenvalue weighted by Crippen LogP contribution is -2.43. The van der Waals surface area contributed by atoms with Gasteiger partial charge in [0.25, 0.3) is 0 Å². The third kappa shape index (κ3) is 4.16. The average Bonchev–Trinajstić information content (AvgIpc) is 3.52. The van der Waals surface area contributed by atoms with Gasteiger partial charge in [0.05, 0.1) is 11.8 Å². The van der Waals surface area contributed by atoms with E-state index in [1.807, 2.05) is 19.1 Å². The first-order valence-corrected chi connectivity index (χ1v) is 11.3. The molecule has 32 heavy (non-hydrogen) atoms. The van der Waals surface area contributed by atoms with E-state index < -0.39 is 0 Å². The molecule has 2 aliphatic carbocycles. The van der Waals surface area contributed by atoms with Gasteiger partial charge in [0.1, 0.15) is 0 Å². The van der Waals surface area contributed by atoms with E-state index in [9.17, 15) is 9.59 Å². The number of likely N-dealkylation sites (tertiary alicyclic amines) is 1. The number of nitrogens with one attached hydrogen (secondary N) is 3. The van der Waals surface area contributed by atoms with E-state index in [0.29, 0.717) is 25.6 Å². The number of guanidine groups is 1. The molecule has 1 aromatic heterocycles. The van der Waals surface area contributed by atoms with Crippen molar-refractivity contribution in [3.05, 3.63) is 48.2 Å². The van der Waals surface area contributed by atoms with Crippen molar-refractivity contribution >= 4 is 52.7 Å². The number of hydrogen-bond acceptors (Lipinski definition) is 3. The minimum absolute atomic E-state index is 0. The molecule has 8 heteroatoms. The highest BCUT2D eigenvalue weighted by atomic mass is 127. The number of allylic oxidation sites excluding steroid dienone is 2. The monoisotopic (exact) mass is 547 g/mol. The molecule has 5 rings (SSSR count). The van der Waals surface area contributed by atoms with Gasteiger partial charge < -0.3 is 15.6 Å². The van der Waals surface area contributed by atoms with E-state index in [1.165, 1.54) is 10.3 Å². The Kier molecular flexibility index (Phi) is 6.88. The first-order chi connectivity index (χ1) is 15.2. The summed E-state index contributed by atoms with van der Waals surface area (Å²) in [4.78, 5) is 35.1. The summed E-state index contributed by atoms with van der Waals surface area (Å²) < 4.78 is 0. The number of aromatic amines is 1. The Hall–Kier alpha value is -2.36. The molecular formula is C24H30IN5O2. The number of imide groups is 1. The molecule has 2 fully saturated rings. The van der Waals surface area contributed by atoms with Gasteiger partial charge in [-0.15, -0.1) is 24.0 Å². The Balaban J connectivity index is 0.00000245. The summed E-state index contributed by atoms with van der Waals surface area (Å²) in [6, 6.07) is 10.4. The lowest BCUT2D eigenvalue weighted by Gasteiger charge is -2.18. The van der Waals surface area contributed by atoms with Crippen molar-refractivity contribution in [2.24, 2.45) is 28.7 Å². The first-order valence-electron chi connectivity index (χ1n) is 11.3. The third-order valence-corrected chi connectivity index (χ3v) is 6.77. The Bertz CT molecular complexity index is 999. The summed E-state index contributed by atoms with van der Waals surface area (Å²) in [6.45, 7) is 4.29. The summed E-state index contributed by atoms with van der Waals surface area (Å²) in [5.41, 5.74) is 2.30. The van der Waals surface area contributed by atoms with Crippen LogP contribution in [0.25, 0.3) is 10.9 Å². The fourth-order valence-corrected chi connectivity index (χ4v) is 5.37. The van der Waals surface area contributed by atoms with E-state index in [-0.39, 0.29) is 59.5 Å². The van der Waals surface area contributed by atoms with Crippen molar-refractivity contribution in [2.45, 2.75) is 19.8 Å². The van der Waals surface area contributed by atoms with E-state index in [1.54, 1.807) is 0 Å². The lowest BCUT2D eigenvalue weighted by molar-refractivity contribution is -0.140. The Morgan fingerprint density at radius 3 is 2.53 bits per heavy atom. The third-order valence-electron chi connectivity index (χ3n) is 6.77. The zero-order chi connectivity index (χ0) is 21.4. The molecule has 4 unspecified atom stereocenters. The minimum atomic E-state index is -0.124. The normalized spacial score (nSPS) is 26.0. The van der Waals surface area contributed by atoms with Crippen molar-refractivity contribution in [1.82, 2.24) is 20.5 Å². The van der Waals surface area contributed by atoms with Gasteiger partial charge in [-0.3, -0.25) is 19.5 Å². The maximum atomic E-state index is 12.8. The van der Waals surface area contributed by atoms with Crippen LogP contribution < -0.4 is 10.6 Å². The number of carbonyl (C=O) groups is 2. The van der Waals surface area contributed by atoms with E-state index in [2.05, 4.69) is 51.0 Å². The van der Waals surface area contributed by atoms with Gasteiger partial charge in [0.15, 0.2) is 5.96 Å². The van der Waals surface area contributed by atoms with Crippen molar-refractivity contribution in [3.8, 4) is 0 Å². The number of amides is 2. The van der Waals surface area contributed by atoms with Gasteiger partial charge >= 0.3 is 0 Å². The quantitative estimate of drug-likeness (QED) is 0.164. The van der Waals surface area contributed by atoms with Crippen LogP contribution in [0, 0.1) is 23.7 Å². The fraction of sp³-hybridized carbons (Fsp3) is 0.458. The second-order valence-electron chi connectivity index (χ2n) is 8.65. The number of rotatable bonds is 7. The number of aromatic nitrogens is 1. The van der Waals surface area contributed by atoms with E-state index in [4.69, 9.17) is 0 Å². The standard InChI is InChI=1S/C24H29N5O2.HI/c1-2-25-24(26-10-9-18-14-15-5-3-4-6-19(15)28-18)27-11-12-29-22(30)20-16-7-8-17(13-16)21(20)23(29)31;/h3-8,14,16-17,20-21,28H,2,9-13H2,1H3,(H2,25,26,27);1H. The van der Waals surface area contributed by atoms with Crippen LogP contribution in [-0.2, 0) is 16.0 Å². The number of hydrogen-bond donors (Lipinski definition) is 3. The number of H-pyrrole nitrogens is 1. The van der Waals surface area contributed by atoms with Crippen LogP contribution in [0.5, 0.6) is 0 Å². The van der Waals surface area contributed by atoms with Crippen LogP contribution in [0.2, 0.25) is 0 Å². The summed E-state index contributed by atoms with van der Waals surface area (Å²) >= 11 is 0. The molecule has 1 saturated carbocycles. The number of aliphatic imine (C=N–C) groups is 1. The zero-order valence-corrected chi connectivity index (χ0v) is 20.5. The largest absolute Gasteiger partial charge is 0.358 e. The number of para-hydroxylation sites is 1. The molecule has 3 aliphatic rings. The molecule has 170 valence electrons. The molecule has 1 saturated heterocycles. The van der Waals surface area contributed by atoms with Crippen molar-refractivity contribution in [3.63, 3.8) is 0 Å². The predicted octanol–water partition coefficient (Wildman–Crippen LogP) is 2.69. The summed E-state index contributed by atoms with van der Waals surface area (Å²) in [6.07, 6.45) is 6.03. The molecular weight excluding hydrogens is 517 g/mol. The number of halogens is 1. The average molecular weight is 547 g/mol. The summed E-state index contributed by atoms with van der Waals surface area (Å²) in [5, 5.41) is 7.72. The molecule has 1 aliphatic heterocycles. The molecule has 3 N–H and O–H groups in total. The van der Waals surface area contributed by atoms with Gasteiger partial charge in [0.2, 0.25) is 11.8 Å². The molecule has 0 radical (unpaired) electrons. The highest BCUT2D eigenvalue weighted by Gasteiger charge is 2.58. The Morgan fingerprint density at radius 2 is 1.84 bits per heavy atom. The van der Waals surface area contributed by atoms with E-state index >= 15 is 0 Å². The van der Waals surface area contributed by atoms with Crippen LogP contribution in [0.3, 0.4) is 0 Å². The number of fused-ring (bicyclic) bond motifs is 6. The van der Waals surface area contributed by atoms with E-state index in [0.717, 1.165) is 30.6 Å². The van der Waals surface area contributed by atoms with Crippen molar-refractivity contribution in [1.29, 1.82) is 0 Å². The molecule has 2 aromatic rings. The van der Waals surface area contributed by atoms with Crippen molar-refractivity contribution in [2.75, 3.05) is 26.2 Å². The van der Waals surface area contributed by atoms with Gasteiger partial charge in [-0.2, -0.15) is 0 Å². The van der Waals surface area contributed by atoms with Gasteiger partial charge in [-0.25, -0.2) is 0 Å². The predicted molar refractivity (Wildman–Crippen MR) is 136 cm³/mol. The summed E-state index contributed by atoms with van der Waals surface area (Å²) in [7, 11) is 0. The molecule has 1 aromatic carbocycles. The molecule has 2 heterocycles. The highest BCUT2D eigenvalue weighted by Crippen LogP contribution is 2.52. The number of benzene rings is 1. The zero-order valence-electron chi connectivity index (χ0n) is 18.2. The maximum Gasteiger partial charge on any atom is 0.233 e. The second-order valence-corrected chi connectivity index (χ2v) is 8.65. The summed E-state index contributed by atoms with van der Waals surface area (Å²) in [5.74, 6) is 0.991.